The van der Waals surface area contributed by atoms with Crippen LogP contribution < -0.4 is 10.6 Å². The van der Waals surface area contributed by atoms with Gasteiger partial charge in [-0.3, -0.25) is 0 Å². The van der Waals surface area contributed by atoms with Gasteiger partial charge in [-0.1, -0.05) is 24.4 Å². The minimum atomic E-state index is -0.866. The Morgan fingerprint density at radius 3 is 2.76 bits per heavy atom. The van der Waals surface area contributed by atoms with Crippen LogP contribution in [-0.4, -0.2) is 11.3 Å². The highest BCUT2D eigenvalue weighted by Crippen LogP contribution is 2.29. The van der Waals surface area contributed by atoms with Crippen LogP contribution in [0.15, 0.2) is 4.52 Å². The Morgan fingerprint density at radius 2 is 2.00 bits per heavy atom. The summed E-state index contributed by atoms with van der Waals surface area (Å²) in [7, 11) is 0. The molecule has 1 aromatic rings. The van der Waals surface area contributed by atoms with Crippen molar-refractivity contribution < 1.29 is 8.91 Å². The van der Waals surface area contributed by atoms with E-state index in [1.54, 1.807) is 6.08 Å². The third kappa shape index (κ3) is 2.39. The highest BCUT2D eigenvalue weighted by atomic mass is 35.5. The van der Waals surface area contributed by atoms with E-state index in [0.29, 0.717) is 12.3 Å². The van der Waals surface area contributed by atoms with E-state index < -0.39 is 6.17 Å². The second-order valence-electron chi connectivity index (χ2n) is 4.80. The van der Waals surface area contributed by atoms with E-state index in [4.69, 9.17) is 4.52 Å². The molecule has 3 rings (SSSR count). The lowest BCUT2D eigenvalue weighted by Crippen LogP contribution is -2.30. The summed E-state index contributed by atoms with van der Waals surface area (Å²) in [6, 6.07) is 0. The van der Waals surface area contributed by atoms with Gasteiger partial charge in [0.05, 0.1) is 5.69 Å². The van der Waals surface area contributed by atoms with Crippen molar-refractivity contribution >= 4 is 24.6 Å². The van der Waals surface area contributed by atoms with Gasteiger partial charge >= 0.3 is 0 Å². The second kappa shape index (κ2) is 5.21. The quantitative estimate of drug-likeness (QED) is 0.772. The Morgan fingerprint density at radius 1 is 1.24 bits per heavy atom. The van der Waals surface area contributed by atoms with Gasteiger partial charge in [0.2, 0.25) is 0 Å². The first-order valence-electron chi connectivity index (χ1n) is 6.16. The monoisotopic (exact) mass is 257 g/mol. The van der Waals surface area contributed by atoms with E-state index >= 15 is 0 Å². The molecular weight excluding hydrogens is 241 g/mol. The number of aromatic nitrogens is 1. The number of hydrogen-bond donors (Lipinski definition) is 0. The summed E-state index contributed by atoms with van der Waals surface area (Å²) < 4.78 is 18.6. The molecule has 1 atom stereocenters. The Hall–Kier alpha value is -0.830. The molecule has 0 spiro atoms. The topological polar surface area (TPSA) is 26.0 Å². The molecule has 1 unspecified atom stereocenters. The van der Waals surface area contributed by atoms with Crippen LogP contribution in [0.25, 0.3) is 12.2 Å². The molecule has 0 saturated heterocycles. The SMILES string of the molecule is Cl.FC1C=c2c(C3CCCCC3)noc2=CC1. The van der Waals surface area contributed by atoms with Crippen molar-refractivity contribution in [2.75, 3.05) is 0 Å². The molecule has 1 fully saturated rings. The average molecular weight is 258 g/mol. The van der Waals surface area contributed by atoms with Gasteiger partial charge in [0.25, 0.3) is 0 Å². The van der Waals surface area contributed by atoms with Gasteiger partial charge in [0.15, 0.2) is 5.42 Å². The van der Waals surface area contributed by atoms with Gasteiger partial charge in [-0.2, -0.15) is 0 Å². The fraction of sp³-hybridized carbons (Fsp3) is 0.615. The van der Waals surface area contributed by atoms with Crippen molar-refractivity contribution in [1.82, 2.24) is 5.16 Å². The van der Waals surface area contributed by atoms with E-state index in [1.807, 2.05) is 6.08 Å². The fourth-order valence-corrected chi connectivity index (χ4v) is 2.78. The van der Waals surface area contributed by atoms with Crippen LogP contribution in [0.1, 0.15) is 50.1 Å². The summed E-state index contributed by atoms with van der Waals surface area (Å²) in [6.45, 7) is 0. The van der Waals surface area contributed by atoms with Gasteiger partial charge in [0.1, 0.15) is 6.17 Å². The first kappa shape index (κ1) is 12.6. The Labute approximate surface area is 106 Å². The minimum Gasteiger partial charge on any atom is -0.356 e. The molecule has 0 radical (unpaired) electrons. The Bertz CT molecular complexity index is 490. The number of alkyl halides is 1. The smallest absolute Gasteiger partial charge is 0.163 e. The number of hydrogen-bond acceptors (Lipinski definition) is 2. The van der Waals surface area contributed by atoms with Crippen molar-refractivity contribution in [2.45, 2.75) is 50.6 Å². The van der Waals surface area contributed by atoms with Gasteiger partial charge in [-0.05, 0) is 25.0 Å². The molecule has 94 valence electrons. The first-order chi connectivity index (χ1) is 7.84. The molecule has 1 aromatic heterocycles. The first-order valence-corrected chi connectivity index (χ1v) is 6.16. The van der Waals surface area contributed by atoms with Crippen molar-refractivity contribution in [2.24, 2.45) is 0 Å². The van der Waals surface area contributed by atoms with E-state index in [9.17, 15) is 4.39 Å². The third-order valence-corrected chi connectivity index (χ3v) is 3.65. The summed E-state index contributed by atoms with van der Waals surface area (Å²) >= 11 is 0. The predicted molar refractivity (Wildman–Crippen MR) is 67.3 cm³/mol. The average Bonchev–Trinajstić information content (AvgIpc) is 2.73. The zero-order valence-electron chi connectivity index (χ0n) is 9.69. The van der Waals surface area contributed by atoms with E-state index in [0.717, 1.165) is 16.3 Å². The van der Waals surface area contributed by atoms with Crippen molar-refractivity contribution in [3.8, 4) is 0 Å². The molecule has 0 aromatic carbocycles. The maximum atomic E-state index is 13.3. The van der Waals surface area contributed by atoms with Gasteiger partial charge in [-0.25, -0.2) is 4.39 Å². The van der Waals surface area contributed by atoms with Crippen molar-refractivity contribution in [1.29, 1.82) is 0 Å². The molecule has 1 heterocycles. The molecule has 4 heteroatoms. The summed E-state index contributed by atoms with van der Waals surface area (Å²) in [5.74, 6) is 0.483. The lowest BCUT2D eigenvalue weighted by Gasteiger charge is -2.19. The minimum absolute atomic E-state index is 0. The number of halogens is 2. The Balaban J connectivity index is 0.00000108. The van der Waals surface area contributed by atoms with Gasteiger partial charge in [-0.15, -0.1) is 12.4 Å². The molecule has 0 N–H and O–H groups in total. The third-order valence-electron chi connectivity index (χ3n) is 3.65. The molecule has 0 bridgehead atoms. The standard InChI is InChI=1S/C13H16FNO.ClH/c14-10-6-7-12-11(8-10)13(15-16-12)9-4-2-1-3-5-9;/h7-10H,1-6H2;1H. The largest absolute Gasteiger partial charge is 0.356 e. The second-order valence-corrected chi connectivity index (χ2v) is 4.80. The van der Waals surface area contributed by atoms with E-state index in [1.165, 1.54) is 32.1 Å². The van der Waals surface area contributed by atoms with Crippen LogP contribution in [0, 0.1) is 0 Å². The van der Waals surface area contributed by atoms with Gasteiger partial charge < -0.3 is 4.52 Å². The normalized spacial score (nSPS) is 24.2. The molecule has 2 aliphatic carbocycles. The lowest BCUT2D eigenvalue weighted by atomic mass is 9.86. The van der Waals surface area contributed by atoms with Crippen molar-refractivity contribution in [3.63, 3.8) is 0 Å². The molecule has 2 aliphatic rings. The van der Waals surface area contributed by atoms with Crippen LogP contribution in [-0.2, 0) is 0 Å². The fourth-order valence-electron chi connectivity index (χ4n) is 2.78. The number of fused-ring (bicyclic) bond motifs is 1. The van der Waals surface area contributed by atoms with Crippen LogP contribution >= 0.6 is 12.4 Å². The van der Waals surface area contributed by atoms with Crippen molar-refractivity contribution in [3.05, 3.63) is 16.3 Å². The van der Waals surface area contributed by atoms with Crippen LogP contribution in [0.5, 0.6) is 0 Å². The molecule has 1 saturated carbocycles. The van der Waals surface area contributed by atoms with Crippen LogP contribution in [0.2, 0.25) is 0 Å². The summed E-state index contributed by atoms with van der Waals surface area (Å²) in [5.41, 5.74) is 1.77. The molecule has 17 heavy (non-hydrogen) atoms. The van der Waals surface area contributed by atoms with Gasteiger partial charge in [0, 0.05) is 17.6 Å². The summed E-state index contributed by atoms with van der Waals surface area (Å²) in [6.07, 6.45) is 9.23. The zero-order chi connectivity index (χ0) is 11.0. The van der Waals surface area contributed by atoms with E-state index in [2.05, 4.69) is 5.16 Å². The maximum absolute atomic E-state index is 13.3. The molecule has 0 aliphatic heterocycles. The summed E-state index contributed by atoms with van der Waals surface area (Å²) in [4.78, 5) is 0. The highest BCUT2D eigenvalue weighted by Gasteiger charge is 2.22. The van der Waals surface area contributed by atoms with Crippen LogP contribution in [0.4, 0.5) is 4.39 Å². The number of rotatable bonds is 1. The molecule has 0 amide bonds. The maximum Gasteiger partial charge on any atom is 0.163 e. The molecular formula is C13H17ClFNO. The highest BCUT2D eigenvalue weighted by molar-refractivity contribution is 5.85. The zero-order valence-corrected chi connectivity index (χ0v) is 10.5. The lowest BCUT2D eigenvalue weighted by molar-refractivity contribution is 0.362. The summed E-state index contributed by atoms with van der Waals surface area (Å²) in [5, 5.41) is 5.07. The van der Waals surface area contributed by atoms with E-state index in [-0.39, 0.29) is 12.4 Å². The Kier molecular flexibility index (Phi) is 3.87. The van der Waals surface area contributed by atoms with Crippen LogP contribution in [0.3, 0.4) is 0 Å². The number of nitrogens with zero attached hydrogens (tertiary/aromatic N) is 1. The molecule has 2 nitrogen and oxygen atoms in total. The predicted octanol–water partition coefficient (Wildman–Crippen LogP) is 2.45.